The Labute approximate surface area is 156 Å². The molecule has 1 heterocycles. The van der Waals surface area contributed by atoms with Crippen molar-refractivity contribution in [3.8, 4) is 23.3 Å². The Morgan fingerprint density at radius 2 is 1.93 bits per heavy atom. The van der Waals surface area contributed by atoms with E-state index in [1.807, 2.05) is 12.1 Å². The number of nitrogens with one attached hydrogen (secondary N) is 1. The van der Waals surface area contributed by atoms with Gasteiger partial charge in [0.25, 0.3) is 0 Å². The van der Waals surface area contributed by atoms with Gasteiger partial charge in [-0.15, -0.1) is 0 Å². The summed E-state index contributed by atoms with van der Waals surface area (Å²) >= 11 is 0. The Kier molecular flexibility index (Phi) is 5.13. The third-order valence-electron chi connectivity index (χ3n) is 4.23. The quantitative estimate of drug-likeness (QED) is 0.407. The predicted octanol–water partition coefficient (Wildman–Crippen LogP) is 3.98. The van der Waals surface area contributed by atoms with Gasteiger partial charge in [-0.1, -0.05) is 12.1 Å². The highest BCUT2D eigenvalue weighted by Crippen LogP contribution is 2.33. The van der Waals surface area contributed by atoms with Gasteiger partial charge in [0.1, 0.15) is 17.4 Å². The van der Waals surface area contributed by atoms with Crippen LogP contribution in [-0.2, 0) is 0 Å². The molecule has 27 heavy (non-hydrogen) atoms. The average molecular weight is 362 g/mol. The van der Waals surface area contributed by atoms with Crippen LogP contribution in [0.25, 0.3) is 17.0 Å². The smallest absolute Gasteiger partial charge is 0.205 e. The second-order valence-electron chi connectivity index (χ2n) is 5.70. The fraction of sp³-hybridized carbons (Fsp3) is 0.143. The normalized spacial score (nSPS) is 11.1. The summed E-state index contributed by atoms with van der Waals surface area (Å²) in [6.45, 7) is 0. The maximum Gasteiger partial charge on any atom is 0.205 e. The minimum Gasteiger partial charge on any atom is -0.497 e. The van der Waals surface area contributed by atoms with E-state index >= 15 is 0 Å². The number of ketones is 1. The molecule has 0 saturated carbocycles. The number of H-pyrrole nitrogens is 1. The van der Waals surface area contributed by atoms with Gasteiger partial charge in [-0.2, -0.15) is 5.26 Å². The lowest BCUT2D eigenvalue weighted by molar-refractivity contribution is 0.104. The Morgan fingerprint density at radius 3 is 2.59 bits per heavy atom. The Hall–Kier alpha value is -3.72. The van der Waals surface area contributed by atoms with Crippen molar-refractivity contribution in [3.63, 3.8) is 0 Å². The number of benzene rings is 2. The third-order valence-corrected chi connectivity index (χ3v) is 4.23. The lowest BCUT2D eigenvalue weighted by Gasteiger charge is -2.10. The van der Waals surface area contributed by atoms with E-state index in [0.29, 0.717) is 33.8 Å². The van der Waals surface area contributed by atoms with Crippen LogP contribution in [0.1, 0.15) is 15.9 Å². The molecule has 1 N–H and O–H groups in total. The number of methoxy groups -OCH3 is 3. The number of nitriles is 1. The van der Waals surface area contributed by atoms with Crippen LogP contribution in [0.4, 0.5) is 0 Å². The van der Waals surface area contributed by atoms with Crippen molar-refractivity contribution in [1.82, 2.24) is 4.98 Å². The number of hydrogen-bond donors (Lipinski definition) is 1. The molecule has 0 amide bonds. The van der Waals surface area contributed by atoms with Crippen molar-refractivity contribution in [2.24, 2.45) is 0 Å². The fourth-order valence-corrected chi connectivity index (χ4v) is 2.89. The SMILES string of the molecule is COc1ccc2[nH]cc(C(=O)/C(C#N)=C/c3cccc(OC)c3OC)c2c1. The van der Waals surface area contributed by atoms with E-state index in [2.05, 4.69) is 4.98 Å². The summed E-state index contributed by atoms with van der Waals surface area (Å²) in [5.74, 6) is 1.23. The monoisotopic (exact) mass is 362 g/mol. The lowest BCUT2D eigenvalue weighted by Crippen LogP contribution is -2.02. The molecular weight excluding hydrogens is 344 g/mol. The first-order valence-electron chi connectivity index (χ1n) is 8.15. The molecule has 136 valence electrons. The highest BCUT2D eigenvalue weighted by Gasteiger charge is 2.18. The third kappa shape index (κ3) is 3.35. The fourth-order valence-electron chi connectivity index (χ4n) is 2.89. The number of carbonyl (C=O) groups excluding carboxylic acids is 1. The highest BCUT2D eigenvalue weighted by atomic mass is 16.5. The van der Waals surface area contributed by atoms with Crippen molar-refractivity contribution in [3.05, 3.63) is 59.3 Å². The topological polar surface area (TPSA) is 84.3 Å². The highest BCUT2D eigenvalue weighted by molar-refractivity contribution is 6.20. The molecule has 2 aromatic carbocycles. The molecule has 3 aromatic rings. The van der Waals surface area contributed by atoms with Crippen molar-refractivity contribution in [1.29, 1.82) is 5.26 Å². The van der Waals surface area contributed by atoms with Gasteiger partial charge >= 0.3 is 0 Å². The molecule has 1 aromatic heterocycles. The Bertz CT molecular complexity index is 1070. The van der Waals surface area contributed by atoms with Crippen LogP contribution < -0.4 is 14.2 Å². The summed E-state index contributed by atoms with van der Waals surface area (Å²) in [7, 11) is 4.60. The number of Topliss-reactive ketones (excluding diaryl/α,β-unsaturated/α-hetero) is 1. The minimum absolute atomic E-state index is 0.00901. The molecule has 0 bridgehead atoms. The number of allylic oxidation sites excluding steroid dienone is 1. The van der Waals surface area contributed by atoms with Crippen molar-refractivity contribution >= 4 is 22.8 Å². The zero-order valence-corrected chi connectivity index (χ0v) is 15.2. The number of ether oxygens (including phenoxy) is 3. The molecule has 6 nitrogen and oxygen atoms in total. The molecule has 0 aliphatic heterocycles. The van der Waals surface area contributed by atoms with Crippen LogP contribution in [-0.4, -0.2) is 32.1 Å². The summed E-state index contributed by atoms with van der Waals surface area (Å²) < 4.78 is 15.9. The minimum atomic E-state index is -0.387. The standard InChI is InChI=1S/C21H18N2O4/c1-25-15-7-8-18-16(10-15)17(12-23-18)20(24)14(11-22)9-13-5-4-6-19(26-2)21(13)27-3/h4-10,12,23H,1-3H3/b14-9+. The van der Waals surface area contributed by atoms with E-state index < -0.39 is 0 Å². The van der Waals surface area contributed by atoms with Crippen LogP contribution in [0.3, 0.4) is 0 Å². The zero-order valence-electron chi connectivity index (χ0n) is 15.2. The summed E-state index contributed by atoms with van der Waals surface area (Å²) in [6, 6.07) is 12.6. The van der Waals surface area contributed by atoms with Gasteiger partial charge in [-0.3, -0.25) is 4.79 Å². The average Bonchev–Trinajstić information content (AvgIpc) is 3.14. The molecule has 3 rings (SSSR count). The lowest BCUT2D eigenvalue weighted by atomic mass is 10.0. The van der Waals surface area contributed by atoms with Gasteiger partial charge in [0.15, 0.2) is 11.5 Å². The molecule has 0 fully saturated rings. The number of hydrogen-bond acceptors (Lipinski definition) is 5. The second kappa shape index (κ2) is 7.67. The van der Waals surface area contributed by atoms with E-state index in [1.54, 1.807) is 43.6 Å². The van der Waals surface area contributed by atoms with E-state index in [0.717, 1.165) is 5.52 Å². The second-order valence-corrected chi connectivity index (χ2v) is 5.70. The van der Waals surface area contributed by atoms with Crippen molar-refractivity contribution in [2.75, 3.05) is 21.3 Å². The largest absolute Gasteiger partial charge is 0.497 e. The summed E-state index contributed by atoms with van der Waals surface area (Å²) in [5.41, 5.74) is 1.76. The van der Waals surface area contributed by atoms with Crippen molar-refractivity contribution < 1.29 is 19.0 Å². The van der Waals surface area contributed by atoms with Crippen LogP contribution in [0, 0.1) is 11.3 Å². The zero-order chi connectivity index (χ0) is 19.4. The first kappa shape index (κ1) is 18.1. The van der Waals surface area contributed by atoms with Gasteiger partial charge in [0.2, 0.25) is 5.78 Å². The number of fused-ring (bicyclic) bond motifs is 1. The van der Waals surface area contributed by atoms with Gasteiger partial charge in [-0.25, -0.2) is 0 Å². The molecule has 0 unspecified atom stereocenters. The van der Waals surface area contributed by atoms with Gasteiger partial charge in [0.05, 0.1) is 21.3 Å². The number of aromatic amines is 1. The molecule has 0 atom stereocenters. The molecular formula is C21H18N2O4. The molecule has 6 heteroatoms. The number of nitrogens with zero attached hydrogens (tertiary/aromatic N) is 1. The van der Waals surface area contributed by atoms with Crippen molar-refractivity contribution in [2.45, 2.75) is 0 Å². The number of aromatic nitrogens is 1. The van der Waals surface area contributed by atoms with E-state index in [4.69, 9.17) is 14.2 Å². The van der Waals surface area contributed by atoms with E-state index in [1.165, 1.54) is 20.3 Å². The number of carbonyl (C=O) groups is 1. The first-order chi connectivity index (χ1) is 13.1. The van der Waals surface area contributed by atoms with Gasteiger partial charge in [0, 0.05) is 28.2 Å². The Balaban J connectivity index is 2.08. The van der Waals surface area contributed by atoms with E-state index in [9.17, 15) is 10.1 Å². The van der Waals surface area contributed by atoms with Crippen LogP contribution in [0.5, 0.6) is 17.2 Å². The maximum atomic E-state index is 13.0. The summed E-state index contributed by atoms with van der Waals surface area (Å²) in [5, 5.41) is 10.3. The van der Waals surface area contributed by atoms with Gasteiger partial charge < -0.3 is 19.2 Å². The molecule has 0 radical (unpaired) electrons. The molecule has 0 aliphatic carbocycles. The van der Waals surface area contributed by atoms with E-state index in [-0.39, 0.29) is 11.4 Å². The molecule has 0 spiro atoms. The number of rotatable bonds is 6. The van der Waals surface area contributed by atoms with Crippen LogP contribution in [0.2, 0.25) is 0 Å². The molecule has 0 saturated heterocycles. The van der Waals surface area contributed by atoms with Gasteiger partial charge in [-0.05, 0) is 30.3 Å². The summed E-state index contributed by atoms with van der Waals surface area (Å²) in [6.07, 6.45) is 3.10. The summed E-state index contributed by atoms with van der Waals surface area (Å²) in [4.78, 5) is 16.0. The first-order valence-corrected chi connectivity index (χ1v) is 8.15. The number of para-hydroxylation sites is 1. The van der Waals surface area contributed by atoms with Crippen LogP contribution >= 0.6 is 0 Å². The predicted molar refractivity (Wildman–Crippen MR) is 102 cm³/mol. The Morgan fingerprint density at radius 1 is 1.11 bits per heavy atom. The molecule has 0 aliphatic rings. The van der Waals surface area contributed by atoms with Crippen LogP contribution in [0.15, 0.2) is 48.2 Å². The maximum absolute atomic E-state index is 13.0.